The van der Waals surface area contributed by atoms with E-state index in [2.05, 4.69) is 20.7 Å². The zero-order valence-corrected chi connectivity index (χ0v) is 10.3. The molecule has 1 saturated carbocycles. The van der Waals surface area contributed by atoms with Crippen molar-refractivity contribution in [1.82, 2.24) is 25.5 Å². The van der Waals surface area contributed by atoms with E-state index in [1.165, 1.54) is 17.6 Å². The van der Waals surface area contributed by atoms with E-state index in [4.69, 9.17) is 11.6 Å². The van der Waals surface area contributed by atoms with Crippen molar-refractivity contribution >= 4 is 11.6 Å². The number of halogens is 1. The maximum absolute atomic E-state index is 6.06. The first-order chi connectivity index (χ1) is 7.74. The van der Waals surface area contributed by atoms with Crippen LogP contribution >= 0.6 is 11.6 Å². The fourth-order valence-electron chi connectivity index (χ4n) is 2.11. The Kier molecular flexibility index (Phi) is 4.12. The molecule has 1 N–H and O–H groups in total. The van der Waals surface area contributed by atoms with Crippen molar-refractivity contribution in [2.75, 3.05) is 6.54 Å². The van der Waals surface area contributed by atoms with Crippen LogP contribution < -0.4 is 5.32 Å². The number of hydrogen-bond donors (Lipinski definition) is 1. The zero-order chi connectivity index (χ0) is 11.4. The summed E-state index contributed by atoms with van der Waals surface area (Å²) in [5.74, 6) is 1.51. The van der Waals surface area contributed by atoms with E-state index in [1.54, 1.807) is 7.05 Å². The van der Waals surface area contributed by atoms with E-state index >= 15 is 0 Å². The number of nitrogens with zero attached hydrogens (tertiary/aromatic N) is 4. The van der Waals surface area contributed by atoms with Crippen LogP contribution in [0.5, 0.6) is 0 Å². The second-order valence-corrected chi connectivity index (χ2v) is 5.06. The molecule has 2 rings (SSSR count). The molecule has 0 radical (unpaired) electrons. The van der Waals surface area contributed by atoms with Crippen molar-refractivity contribution in [3.05, 3.63) is 5.82 Å². The third kappa shape index (κ3) is 3.42. The van der Waals surface area contributed by atoms with Gasteiger partial charge in [0.05, 0.1) is 13.6 Å². The van der Waals surface area contributed by atoms with Crippen LogP contribution in [0.2, 0.25) is 0 Å². The molecule has 5 nitrogen and oxygen atoms in total. The fraction of sp³-hybridized carbons (Fsp3) is 0.900. The average Bonchev–Trinajstić information content (AvgIpc) is 2.67. The van der Waals surface area contributed by atoms with Crippen LogP contribution in [-0.2, 0) is 13.6 Å². The zero-order valence-electron chi connectivity index (χ0n) is 9.56. The largest absolute Gasteiger partial charge is 0.309 e. The van der Waals surface area contributed by atoms with E-state index in [1.807, 2.05) is 0 Å². The Hall–Kier alpha value is -0.680. The Morgan fingerprint density at radius 2 is 2.12 bits per heavy atom. The maximum atomic E-state index is 6.06. The number of hydrogen-bond acceptors (Lipinski definition) is 4. The predicted molar refractivity (Wildman–Crippen MR) is 62.1 cm³/mol. The summed E-state index contributed by atoms with van der Waals surface area (Å²) >= 11 is 6.06. The molecule has 0 amide bonds. The summed E-state index contributed by atoms with van der Waals surface area (Å²) in [6.45, 7) is 1.73. The quantitative estimate of drug-likeness (QED) is 0.805. The standard InChI is InChI=1S/C10H18ClN5/c1-16-14-10(13-15-16)7-12-6-8-2-4-9(11)5-3-8/h8-9,12H,2-7H2,1H3. The molecule has 1 aromatic heterocycles. The molecule has 0 bridgehead atoms. The highest BCUT2D eigenvalue weighted by molar-refractivity contribution is 6.20. The van der Waals surface area contributed by atoms with Crippen LogP contribution in [0, 0.1) is 5.92 Å². The lowest BCUT2D eigenvalue weighted by molar-refractivity contribution is 0.344. The lowest BCUT2D eigenvalue weighted by Crippen LogP contribution is -2.26. The molecule has 1 fully saturated rings. The minimum atomic E-state index is 0.401. The molecule has 0 saturated heterocycles. The van der Waals surface area contributed by atoms with E-state index in [0.29, 0.717) is 11.9 Å². The summed E-state index contributed by atoms with van der Waals surface area (Å²) in [6, 6.07) is 0. The third-order valence-corrected chi connectivity index (χ3v) is 3.48. The smallest absolute Gasteiger partial charge is 0.188 e. The van der Waals surface area contributed by atoms with Crippen LogP contribution in [-0.4, -0.2) is 32.1 Å². The number of tetrazole rings is 1. The number of rotatable bonds is 4. The van der Waals surface area contributed by atoms with Crippen molar-refractivity contribution in [2.45, 2.75) is 37.6 Å². The predicted octanol–water partition coefficient (Wildman–Crippen LogP) is 1.10. The van der Waals surface area contributed by atoms with Crippen LogP contribution in [0.3, 0.4) is 0 Å². The van der Waals surface area contributed by atoms with Crippen molar-refractivity contribution in [2.24, 2.45) is 13.0 Å². The van der Waals surface area contributed by atoms with Gasteiger partial charge >= 0.3 is 0 Å². The minimum absolute atomic E-state index is 0.401. The molecular weight excluding hydrogens is 226 g/mol. The first-order valence-corrected chi connectivity index (χ1v) is 6.25. The monoisotopic (exact) mass is 243 g/mol. The van der Waals surface area contributed by atoms with Crippen LogP contribution in [0.25, 0.3) is 0 Å². The normalized spacial score (nSPS) is 25.9. The Morgan fingerprint density at radius 1 is 1.38 bits per heavy atom. The molecule has 1 aliphatic carbocycles. The van der Waals surface area contributed by atoms with Gasteiger partial charge in [-0.1, -0.05) is 0 Å². The molecule has 0 unspecified atom stereocenters. The van der Waals surface area contributed by atoms with Gasteiger partial charge in [0.1, 0.15) is 0 Å². The number of aromatic nitrogens is 4. The van der Waals surface area contributed by atoms with Crippen LogP contribution in [0.4, 0.5) is 0 Å². The molecule has 0 aliphatic heterocycles. The molecule has 1 aromatic rings. The summed E-state index contributed by atoms with van der Waals surface area (Å²) in [5.41, 5.74) is 0. The Bertz CT molecular complexity index is 319. The molecule has 16 heavy (non-hydrogen) atoms. The highest BCUT2D eigenvalue weighted by Crippen LogP contribution is 2.26. The van der Waals surface area contributed by atoms with Gasteiger partial charge in [-0.05, 0) is 43.4 Å². The van der Waals surface area contributed by atoms with E-state index < -0.39 is 0 Å². The van der Waals surface area contributed by atoms with Crippen LogP contribution in [0.15, 0.2) is 0 Å². The number of alkyl halides is 1. The van der Waals surface area contributed by atoms with Gasteiger partial charge in [0.15, 0.2) is 5.82 Å². The molecule has 0 atom stereocenters. The molecule has 0 spiro atoms. The van der Waals surface area contributed by atoms with Gasteiger partial charge in [0.2, 0.25) is 0 Å². The second kappa shape index (κ2) is 5.59. The van der Waals surface area contributed by atoms with Crippen molar-refractivity contribution in [1.29, 1.82) is 0 Å². The van der Waals surface area contributed by atoms with Gasteiger partial charge in [-0.3, -0.25) is 0 Å². The second-order valence-electron chi connectivity index (χ2n) is 4.44. The number of nitrogens with one attached hydrogen (secondary N) is 1. The van der Waals surface area contributed by atoms with Crippen LogP contribution in [0.1, 0.15) is 31.5 Å². The highest BCUT2D eigenvalue weighted by atomic mass is 35.5. The minimum Gasteiger partial charge on any atom is -0.309 e. The summed E-state index contributed by atoms with van der Waals surface area (Å²) in [7, 11) is 1.78. The first kappa shape index (κ1) is 11.8. The Morgan fingerprint density at radius 3 is 2.75 bits per heavy atom. The summed E-state index contributed by atoms with van der Waals surface area (Å²) < 4.78 is 0. The van der Waals surface area contributed by atoms with Gasteiger partial charge < -0.3 is 5.32 Å². The van der Waals surface area contributed by atoms with Gasteiger partial charge in [-0.25, -0.2) is 0 Å². The topological polar surface area (TPSA) is 55.6 Å². The molecule has 6 heteroatoms. The molecule has 0 aromatic carbocycles. The van der Waals surface area contributed by atoms with Gasteiger partial charge in [0, 0.05) is 5.38 Å². The third-order valence-electron chi connectivity index (χ3n) is 3.04. The van der Waals surface area contributed by atoms with Gasteiger partial charge in [-0.2, -0.15) is 4.80 Å². The lowest BCUT2D eigenvalue weighted by atomic mass is 9.89. The summed E-state index contributed by atoms with van der Waals surface area (Å²) in [6.07, 6.45) is 4.76. The van der Waals surface area contributed by atoms with E-state index in [-0.39, 0.29) is 0 Å². The lowest BCUT2D eigenvalue weighted by Gasteiger charge is -2.24. The fourth-order valence-corrected chi connectivity index (χ4v) is 2.36. The molecule has 90 valence electrons. The van der Waals surface area contributed by atoms with Crippen molar-refractivity contribution < 1.29 is 0 Å². The van der Waals surface area contributed by atoms with E-state index in [0.717, 1.165) is 31.1 Å². The molecule has 1 heterocycles. The van der Waals surface area contributed by atoms with Gasteiger partial charge in [0.25, 0.3) is 0 Å². The first-order valence-electron chi connectivity index (χ1n) is 5.81. The Balaban J connectivity index is 1.64. The highest BCUT2D eigenvalue weighted by Gasteiger charge is 2.18. The molecule has 1 aliphatic rings. The van der Waals surface area contributed by atoms with Crippen molar-refractivity contribution in [3.63, 3.8) is 0 Å². The van der Waals surface area contributed by atoms with Crippen molar-refractivity contribution in [3.8, 4) is 0 Å². The summed E-state index contributed by atoms with van der Waals surface area (Å²) in [4.78, 5) is 1.48. The molecular formula is C10H18ClN5. The summed E-state index contributed by atoms with van der Waals surface area (Å²) in [5, 5.41) is 15.6. The Labute approximate surface area is 101 Å². The number of aryl methyl sites for hydroxylation is 1. The van der Waals surface area contributed by atoms with Gasteiger partial charge in [-0.15, -0.1) is 21.8 Å². The maximum Gasteiger partial charge on any atom is 0.188 e. The SMILES string of the molecule is Cn1nnc(CNCC2CCC(Cl)CC2)n1. The average molecular weight is 244 g/mol. The van der Waals surface area contributed by atoms with E-state index in [9.17, 15) is 0 Å².